The van der Waals surface area contributed by atoms with Crippen molar-refractivity contribution in [2.24, 2.45) is 0 Å². The molecule has 14 heavy (non-hydrogen) atoms. The first kappa shape index (κ1) is 11.8. The Bertz CT molecular complexity index is 372. The molecule has 0 bridgehead atoms. The van der Waals surface area contributed by atoms with Crippen LogP contribution in [0.5, 0.6) is 0 Å². The van der Waals surface area contributed by atoms with E-state index in [0.717, 1.165) is 12.1 Å². The summed E-state index contributed by atoms with van der Waals surface area (Å²) >= 11 is 2.80. The molecule has 0 saturated carbocycles. The lowest BCUT2D eigenvalue weighted by Crippen LogP contribution is -1.93. The molecule has 0 spiro atoms. The maximum Gasteiger partial charge on any atom is 0.316 e. The molecule has 1 atom stereocenters. The third kappa shape index (κ3) is 3.13. The van der Waals surface area contributed by atoms with Crippen molar-refractivity contribution in [3.05, 3.63) is 33.8 Å². The Hall–Kier alpha value is -0.290. The highest BCUT2D eigenvalue weighted by atomic mass is 79.9. The summed E-state index contributed by atoms with van der Waals surface area (Å²) in [4.78, 5) is 8.33. The zero-order valence-corrected chi connectivity index (χ0v) is 9.35. The van der Waals surface area contributed by atoms with Crippen molar-refractivity contribution in [1.29, 1.82) is 0 Å². The molecule has 0 fully saturated rings. The molecule has 1 rings (SSSR count). The number of halogens is 3. The van der Waals surface area contributed by atoms with Crippen LogP contribution in [0.15, 0.2) is 16.6 Å². The van der Waals surface area contributed by atoms with Crippen molar-refractivity contribution in [3.63, 3.8) is 0 Å². The van der Waals surface area contributed by atoms with E-state index in [1.807, 2.05) is 0 Å². The van der Waals surface area contributed by atoms with Gasteiger partial charge in [-0.05, 0) is 28.1 Å². The lowest BCUT2D eigenvalue weighted by molar-refractivity contribution is 0.267. The van der Waals surface area contributed by atoms with E-state index >= 15 is 0 Å². The lowest BCUT2D eigenvalue weighted by Gasteiger charge is -2.03. The van der Waals surface area contributed by atoms with Crippen LogP contribution in [-0.4, -0.2) is 4.89 Å². The van der Waals surface area contributed by atoms with Crippen LogP contribution in [0, 0.1) is 11.6 Å². The molecule has 1 aromatic rings. The predicted molar refractivity (Wildman–Crippen MR) is 50.1 cm³/mol. The molecule has 3 nitrogen and oxygen atoms in total. The van der Waals surface area contributed by atoms with E-state index in [0.29, 0.717) is 0 Å². The highest BCUT2D eigenvalue weighted by Gasteiger charge is 2.08. The molecule has 0 aliphatic rings. The summed E-state index contributed by atoms with van der Waals surface area (Å²) in [6.07, 6.45) is 0. The number of hydrogen-bond acceptors (Lipinski definition) is 2. The summed E-state index contributed by atoms with van der Waals surface area (Å²) in [5.41, 5.74) is -0.0990. The minimum atomic E-state index is -3.12. The highest BCUT2D eigenvalue weighted by Crippen LogP contribution is 2.23. The lowest BCUT2D eigenvalue weighted by atomic mass is 10.2. The Morgan fingerprint density at radius 3 is 2.64 bits per heavy atom. The predicted octanol–water partition coefficient (Wildman–Crippen LogP) is 2.63. The fourth-order valence-electron chi connectivity index (χ4n) is 0.814. The monoisotopic (exact) mass is 286 g/mol. The maximum absolute atomic E-state index is 13.0. The van der Waals surface area contributed by atoms with Crippen molar-refractivity contribution in [1.82, 2.24) is 0 Å². The van der Waals surface area contributed by atoms with E-state index in [2.05, 4.69) is 20.5 Å². The van der Waals surface area contributed by atoms with E-state index < -0.39 is 26.5 Å². The van der Waals surface area contributed by atoms with Gasteiger partial charge in [-0.3, -0.25) is 4.57 Å². The molecular weight excluding hydrogens is 281 g/mol. The first-order valence-electron chi connectivity index (χ1n) is 3.50. The first-order valence-corrected chi connectivity index (χ1v) is 5.55. The van der Waals surface area contributed by atoms with Gasteiger partial charge in [-0.25, -0.2) is 8.78 Å². The molecular formula is C7H6BrF2O3P. The van der Waals surface area contributed by atoms with Crippen LogP contribution in [0.25, 0.3) is 0 Å². The molecule has 1 N–H and O–H groups in total. The maximum atomic E-state index is 13.0. The van der Waals surface area contributed by atoms with E-state index in [1.165, 1.54) is 0 Å². The quantitative estimate of drug-likeness (QED) is 0.686. The third-order valence-corrected chi connectivity index (χ3v) is 2.44. The fourth-order valence-corrected chi connectivity index (χ4v) is 1.41. The first-order chi connectivity index (χ1) is 6.50. The molecule has 0 heterocycles. The third-order valence-electron chi connectivity index (χ3n) is 1.44. The van der Waals surface area contributed by atoms with Gasteiger partial charge in [-0.15, -0.1) is 0 Å². The molecule has 1 aromatic carbocycles. The van der Waals surface area contributed by atoms with E-state index in [4.69, 9.17) is 4.89 Å². The Balaban J connectivity index is 2.87. The normalized spacial score (nSPS) is 12.9. The van der Waals surface area contributed by atoms with Gasteiger partial charge < -0.3 is 9.42 Å². The summed E-state index contributed by atoms with van der Waals surface area (Å²) < 4.78 is 40.4. The van der Waals surface area contributed by atoms with Crippen LogP contribution < -0.4 is 0 Å². The van der Waals surface area contributed by atoms with Crippen molar-refractivity contribution in [2.45, 2.75) is 6.61 Å². The van der Waals surface area contributed by atoms with Gasteiger partial charge in [-0.2, -0.15) is 0 Å². The van der Waals surface area contributed by atoms with E-state index in [9.17, 15) is 13.3 Å². The summed E-state index contributed by atoms with van der Waals surface area (Å²) in [6, 6.07) is 1.84. The van der Waals surface area contributed by atoms with Crippen LogP contribution in [0.1, 0.15) is 5.56 Å². The van der Waals surface area contributed by atoms with Gasteiger partial charge in [0.15, 0.2) is 0 Å². The van der Waals surface area contributed by atoms with Crippen molar-refractivity contribution in [2.75, 3.05) is 0 Å². The van der Waals surface area contributed by atoms with Crippen LogP contribution in [0.4, 0.5) is 8.78 Å². The Labute approximate surface area is 87.8 Å². The summed E-state index contributed by atoms with van der Waals surface area (Å²) in [5.74, 6) is -1.34. The molecule has 0 amide bonds. The van der Waals surface area contributed by atoms with Crippen LogP contribution in [0.2, 0.25) is 0 Å². The van der Waals surface area contributed by atoms with Crippen LogP contribution in [-0.2, 0) is 15.7 Å². The van der Waals surface area contributed by atoms with Gasteiger partial charge in [0.05, 0.1) is 11.1 Å². The molecule has 0 aromatic heterocycles. The Kier molecular flexibility index (Phi) is 4.19. The SMILES string of the molecule is O=[PH](O)OCc1cc(F)c(Br)cc1F. The zero-order valence-electron chi connectivity index (χ0n) is 6.76. The standard InChI is InChI=1S/C7H6BrF2O3P/c8-5-2-6(9)4(1-7(5)10)3-13-14(11)12/h1-2,14H,3H2,(H,11,12). The average Bonchev–Trinajstić information content (AvgIpc) is 2.09. The van der Waals surface area contributed by atoms with Crippen molar-refractivity contribution < 1.29 is 22.8 Å². The van der Waals surface area contributed by atoms with Gasteiger partial charge in [-0.1, -0.05) is 0 Å². The van der Waals surface area contributed by atoms with Gasteiger partial charge in [0.25, 0.3) is 0 Å². The summed E-state index contributed by atoms with van der Waals surface area (Å²) in [6.45, 7) is -0.426. The molecule has 78 valence electrons. The molecule has 0 radical (unpaired) electrons. The molecule has 7 heteroatoms. The summed E-state index contributed by atoms with van der Waals surface area (Å²) in [7, 11) is -3.12. The van der Waals surface area contributed by atoms with E-state index in [-0.39, 0.29) is 10.0 Å². The second kappa shape index (κ2) is 4.98. The van der Waals surface area contributed by atoms with Gasteiger partial charge >= 0.3 is 8.25 Å². The zero-order chi connectivity index (χ0) is 10.7. The molecule has 0 saturated heterocycles. The minimum Gasteiger partial charge on any atom is -0.326 e. The summed E-state index contributed by atoms with van der Waals surface area (Å²) in [5, 5.41) is 0. The van der Waals surface area contributed by atoms with Crippen molar-refractivity contribution >= 4 is 24.2 Å². The minimum absolute atomic E-state index is 0.00426. The van der Waals surface area contributed by atoms with Gasteiger partial charge in [0, 0.05) is 5.56 Å². The largest absolute Gasteiger partial charge is 0.326 e. The average molecular weight is 287 g/mol. The van der Waals surface area contributed by atoms with Gasteiger partial charge in [0.2, 0.25) is 0 Å². The molecule has 0 aliphatic carbocycles. The fraction of sp³-hybridized carbons (Fsp3) is 0.143. The topological polar surface area (TPSA) is 46.5 Å². The van der Waals surface area contributed by atoms with Crippen LogP contribution >= 0.6 is 24.2 Å². The van der Waals surface area contributed by atoms with Crippen molar-refractivity contribution in [3.8, 4) is 0 Å². The van der Waals surface area contributed by atoms with Gasteiger partial charge in [0.1, 0.15) is 11.6 Å². The molecule has 1 unspecified atom stereocenters. The van der Waals surface area contributed by atoms with Crippen LogP contribution in [0.3, 0.4) is 0 Å². The second-order valence-corrected chi connectivity index (χ2v) is 4.09. The Morgan fingerprint density at radius 1 is 1.43 bits per heavy atom. The highest BCUT2D eigenvalue weighted by molar-refractivity contribution is 9.10. The molecule has 0 aliphatic heterocycles. The smallest absolute Gasteiger partial charge is 0.316 e. The second-order valence-electron chi connectivity index (χ2n) is 2.41. The Morgan fingerprint density at radius 2 is 2.07 bits per heavy atom. The number of hydrogen-bond donors (Lipinski definition) is 1. The number of rotatable bonds is 3. The van der Waals surface area contributed by atoms with E-state index in [1.54, 1.807) is 0 Å². The number of benzene rings is 1.